The fraction of sp³-hybridized carbons (Fsp3) is 0.0800. The molecule has 0 amide bonds. The zero-order chi connectivity index (χ0) is 29.4. The number of nitrogens with one attached hydrogen (secondary N) is 3. The Bertz CT molecular complexity index is 2010. The Hall–Kier alpha value is -5.09. The average Bonchev–Trinajstić information content (AvgIpc) is 3.25. The van der Waals surface area contributed by atoms with Gasteiger partial charge in [0.1, 0.15) is 0 Å². The van der Waals surface area contributed by atoms with Crippen molar-refractivity contribution in [2.75, 3.05) is 14.8 Å². The molecule has 0 radical (unpaired) electrons. The molecule has 16 heteroatoms. The van der Waals surface area contributed by atoms with Crippen LogP contribution in [-0.4, -0.2) is 36.9 Å². The monoisotopic (exact) mass is 595 g/mol. The lowest BCUT2D eigenvalue weighted by molar-refractivity contribution is -0.385. The number of aromatic nitrogens is 3. The minimum absolute atomic E-state index is 0.0109. The summed E-state index contributed by atoms with van der Waals surface area (Å²) in [5.74, 6) is -0.152. The fourth-order valence-corrected chi connectivity index (χ4v) is 5.75. The van der Waals surface area contributed by atoms with E-state index in [1.807, 2.05) is 0 Å². The molecule has 0 aliphatic heterocycles. The first-order chi connectivity index (χ1) is 19.4. The number of anilines is 4. The van der Waals surface area contributed by atoms with Crippen molar-refractivity contribution >= 4 is 60.0 Å². The van der Waals surface area contributed by atoms with Crippen LogP contribution >= 0.6 is 0 Å². The maximum absolute atomic E-state index is 13.1. The minimum Gasteiger partial charge on any atom is -0.337 e. The lowest BCUT2D eigenvalue weighted by Crippen LogP contribution is -2.16. The molecule has 0 aliphatic carbocycles. The normalized spacial score (nSPS) is 11.8. The highest BCUT2D eigenvalue weighted by molar-refractivity contribution is 7.93. The van der Waals surface area contributed by atoms with E-state index >= 15 is 0 Å². The second kappa shape index (κ2) is 10.5. The van der Waals surface area contributed by atoms with Gasteiger partial charge in [-0.05, 0) is 56.3 Å². The van der Waals surface area contributed by atoms with Gasteiger partial charge in [0.25, 0.3) is 25.7 Å². The van der Waals surface area contributed by atoms with E-state index in [0.29, 0.717) is 28.0 Å². The topological polar surface area (TPSA) is 199 Å². The summed E-state index contributed by atoms with van der Waals surface area (Å²) in [5.41, 5.74) is 1.93. The van der Waals surface area contributed by atoms with Crippen molar-refractivity contribution < 1.29 is 26.3 Å². The molecule has 41 heavy (non-hydrogen) atoms. The highest BCUT2D eigenvalue weighted by atomic mass is 32.2. The number of nitrogens with zero attached hydrogens (tertiary/aromatic N) is 4. The molecule has 3 N–H and O–H groups in total. The van der Waals surface area contributed by atoms with Crippen molar-refractivity contribution in [1.29, 1.82) is 0 Å². The maximum atomic E-state index is 13.1. The molecule has 5 rings (SSSR count). The first-order valence-electron chi connectivity index (χ1n) is 11.8. The van der Waals surface area contributed by atoms with Crippen LogP contribution in [0.2, 0.25) is 0 Å². The van der Waals surface area contributed by atoms with Crippen LogP contribution in [0, 0.1) is 24.0 Å². The molecule has 0 unspecified atom stereocenters. The smallest absolute Gasteiger partial charge is 0.270 e. The van der Waals surface area contributed by atoms with E-state index in [1.165, 1.54) is 42.5 Å². The second-order valence-corrected chi connectivity index (χ2v) is 12.1. The molecule has 0 aliphatic rings. The Morgan fingerprint density at radius 3 is 2.02 bits per heavy atom. The molecule has 2 heterocycles. The Morgan fingerprint density at radius 1 is 0.780 bits per heavy atom. The van der Waals surface area contributed by atoms with Gasteiger partial charge in [-0.2, -0.15) is 0 Å². The number of nitro benzene ring substituents is 1. The van der Waals surface area contributed by atoms with Crippen LogP contribution in [0.25, 0.3) is 11.0 Å². The molecular formula is C25H21N7O7S2. The van der Waals surface area contributed by atoms with E-state index in [4.69, 9.17) is 4.52 Å². The van der Waals surface area contributed by atoms with Crippen LogP contribution in [0.15, 0.2) is 87.1 Å². The van der Waals surface area contributed by atoms with E-state index in [2.05, 4.69) is 29.9 Å². The quantitative estimate of drug-likeness (QED) is 0.160. The molecule has 5 aromatic rings. The lowest BCUT2D eigenvalue weighted by Gasteiger charge is -2.14. The summed E-state index contributed by atoms with van der Waals surface area (Å²) in [4.78, 5) is 18.9. The number of sulfonamides is 2. The first-order valence-corrected chi connectivity index (χ1v) is 14.8. The van der Waals surface area contributed by atoms with Crippen molar-refractivity contribution in [3.8, 4) is 0 Å². The van der Waals surface area contributed by atoms with Crippen LogP contribution < -0.4 is 14.8 Å². The van der Waals surface area contributed by atoms with Crippen LogP contribution in [0.1, 0.15) is 11.3 Å². The van der Waals surface area contributed by atoms with Crippen molar-refractivity contribution in [2.24, 2.45) is 0 Å². The molecule has 0 saturated heterocycles. The van der Waals surface area contributed by atoms with Gasteiger partial charge in [0.2, 0.25) is 5.88 Å². The molecule has 3 aromatic carbocycles. The van der Waals surface area contributed by atoms with Gasteiger partial charge in [-0.1, -0.05) is 23.4 Å². The molecule has 2 aromatic heterocycles. The zero-order valence-corrected chi connectivity index (χ0v) is 23.0. The number of rotatable bonds is 9. The molecule has 0 bridgehead atoms. The van der Waals surface area contributed by atoms with Crippen molar-refractivity contribution in [3.63, 3.8) is 0 Å². The first kappa shape index (κ1) is 27.5. The molecule has 0 fully saturated rings. The molecule has 0 spiro atoms. The van der Waals surface area contributed by atoms with Gasteiger partial charge in [0, 0.05) is 23.4 Å². The highest BCUT2D eigenvalue weighted by Gasteiger charge is 2.22. The Kier molecular flexibility index (Phi) is 7.02. The van der Waals surface area contributed by atoms with Gasteiger partial charge in [-0.25, -0.2) is 31.5 Å². The Morgan fingerprint density at radius 2 is 1.41 bits per heavy atom. The number of hydrogen-bond donors (Lipinski definition) is 3. The zero-order valence-electron chi connectivity index (χ0n) is 21.4. The van der Waals surface area contributed by atoms with E-state index in [9.17, 15) is 26.9 Å². The van der Waals surface area contributed by atoms with E-state index < -0.39 is 30.7 Å². The third-order valence-electron chi connectivity index (χ3n) is 5.95. The molecular weight excluding hydrogens is 574 g/mol. The van der Waals surface area contributed by atoms with Crippen molar-refractivity contribution in [3.05, 3.63) is 94.2 Å². The predicted molar refractivity (Wildman–Crippen MR) is 150 cm³/mol. The largest absolute Gasteiger partial charge is 0.337 e. The molecule has 0 atom stereocenters. The summed E-state index contributed by atoms with van der Waals surface area (Å²) in [7, 11) is -8.30. The minimum atomic E-state index is -4.31. The van der Waals surface area contributed by atoms with Gasteiger partial charge in [-0.15, -0.1) is 0 Å². The number of fused-ring (bicyclic) bond motifs is 1. The number of aryl methyl sites for hydroxylation is 1. The third kappa shape index (κ3) is 5.78. The fourth-order valence-electron chi connectivity index (χ4n) is 3.65. The van der Waals surface area contributed by atoms with Gasteiger partial charge < -0.3 is 9.84 Å². The standard InChI is InChI=1S/C25H21N7O7S2/c1-15-16(2)29-39-25(15)31-40(35,36)19-12-10-17(11-13-19)26-23-24(28-22-9-4-3-8-21(22)27-23)30-41(37,38)20-7-5-6-18(14-20)32(33)34/h3-14,31H,1-2H3,(H,26,27)(H,28,30). The van der Waals surface area contributed by atoms with Crippen LogP contribution in [0.3, 0.4) is 0 Å². The van der Waals surface area contributed by atoms with Crippen LogP contribution in [0.4, 0.5) is 28.9 Å². The van der Waals surface area contributed by atoms with Crippen molar-refractivity contribution in [1.82, 2.24) is 15.1 Å². The van der Waals surface area contributed by atoms with Gasteiger partial charge in [0.05, 0.1) is 31.4 Å². The third-order valence-corrected chi connectivity index (χ3v) is 8.64. The average molecular weight is 596 g/mol. The van der Waals surface area contributed by atoms with Crippen LogP contribution in [0.5, 0.6) is 0 Å². The second-order valence-electron chi connectivity index (χ2n) is 8.75. The number of para-hydroxylation sites is 2. The van der Waals surface area contributed by atoms with Crippen LogP contribution in [-0.2, 0) is 20.0 Å². The lowest BCUT2D eigenvalue weighted by atomic mass is 10.3. The Balaban J connectivity index is 1.45. The number of hydrogen-bond acceptors (Lipinski definition) is 11. The summed E-state index contributed by atoms with van der Waals surface area (Å²) >= 11 is 0. The summed E-state index contributed by atoms with van der Waals surface area (Å²) < 4.78 is 61.7. The van der Waals surface area contributed by atoms with E-state index in [0.717, 1.165) is 6.07 Å². The van der Waals surface area contributed by atoms with Gasteiger partial charge in [-0.3, -0.25) is 14.8 Å². The number of nitro groups is 1. The van der Waals surface area contributed by atoms with Gasteiger partial charge >= 0.3 is 0 Å². The van der Waals surface area contributed by atoms with Gasteiger partial charge in [0.15, 0.2) is 11.6 Å². The van der Waals surface area contributed by atoms with E-state index in [1.54, 1.807) is 38.1 Å². The van der Waals surface area contributed by atoms with Crippen molar-refractivity contribution in [2.45, 2.75) is 23.6 Å². The SMILES string of the molecule is Cc1noc(NS(=O)(=O)c2ccc(Nc3nc4ccccc4nc3NS(=O)(=O)c3cccc([N+](=O)[O-])c3)cc2)c1C. The maximum Gasteiger partial charge on any atom is 0.270 e. The molecule has 14 nitrogen and oxygen atoms in total. The summed E-state index contributed by atoms with van der Waals surface area (Å²) in [5, 5.41) is 17.8. The Labute approximate surface area is 233 Å². The number of non-ortho nitro benzene ring substituents is 1. The summed E-state index contributed by atoms with van der Waals surface area (Å²) in [6.07, 6.45) is 0. The molecule has 210 valence electrons. The highest BCUT2D eigenvalue weighted by Crippen LogP contribution is 2.29. The summed E-state index contributed by atoms with van der Waals surface area (Å²) in [6, 6.07) is 16.9. The predicted octanol–water partition coefficient (Wildman–Crippen LogP) is 4.49. The number of benzene rings is 3. The molecule has 0 saturated carbocycles. The summed E-state index contributed by atoms with van der Waals surface area (Å²) in [6.45, 7) is 3.36. The van der Waals surface area contributed by atoms with E-state index in [-0.39, 0.29) is 27.3 Å².